The van der Waals surface area contributed by atoms with Crippen LogP contribution in [0.4, 0.5) is 0 Å². The molecule has 352 valence electrons. The fourth-order valence-corrected chi connectivity index (χ4v) is 9.38. The predicted octanol–water partition coefficient (Wildman–Crippen LogP) is 10.5. The fourth-order valence-electron chi connectivity index (χ4n) is 5.50. The largest absolute Gasteiger partial charge is 0.508 e. The average Bonchev–Trinajstić information content (AvgIpc) is 3.32. The summed E-state index contributed by atoms with van der Waals surface area (Å²) in [5.74, 6) is 1.27. The summed E-state index contributed by atoms with van der Waals surface area (Å²) in [6, 6.07) is 31.5. The number of allylic oxidation sites excluding steroid dienone is 3. The van der Waals surface area contributed by atoms with Crippen LogP contribution in [0.1, 0.15) is 11.1 Å². The second-order valence-corrected chi connectivity index (χ2v) is 20.1. The van der Waals surface area contributed by atoms with Gasteiger partial charge in [-0.15, -0.1) is 19.7 Å². The Kier molecular flexibility index (Phi) is 21.4. The molecular formula is C51H51BrO12S3. The van der Waals surface area contributed by atoms with Crippen LogP contribution < -0.4 is 9.47 Å². The van der Waals surface area contributed by atoms with Crippen molar-refractivity contribution in [3.63, 3.8) is 0 Å². The molecule has 0 aromatic heterocycles. The summed E-state index contributed by atoms with van der Waals surface area (Å²) in [5.41, 5.74) is 0.984. The normalized spacial score (nSPS) is 10.8. The molecule has 0 saturated carbocycles. The number of hydrogen-bond acceptors (Lipinski definition) is 12. The number of benzene rings is 6. The van der Waals surface area contributed by atoms with Gasteiger partial charge in [0.05, 0.1) is 29.4 Å². The van der Waals surface area contributed by atoms with Crippen molar-refractivity contribution < 1.29 is 55.2 Å². The number of phenols is 4. The topological polar surface area (TPSA) is 202 Å². The minimum Gasteiger partial charge on any atom is -0.508 e. The second kappa shape index (κ2) is 26.3. The molecule has 0 bridgehead atoms. The maximum Gasteiger partial charge on any atom is 0.206 e. The molecule has 6 rings (SSSR count). The van der Waals surface area contributed by atoms with Gasteiger partial charge < -0.3 is 29.9 Å². The molecule has 0 heterocycles. The lowest BCUT2D eigenvalue weighted by Crippen LogP contribution is -2.03. The molecule has 67 heavy (non-hydrogen) atoms. The highest BCUT2D eigenvalue weighted by molar-refractivity contribution is 9.09. The highest BCUT2D eigenvalue weighted by atomic mass is 79.9. The van der Waals surface area contributed by atoms with Crippen molar-refractivity contribution in [2.45, 2.75) is 42.2 Å². The van der Waals surface area contributed by atoms with Crippen molar-refractivity contribution in [2.24, 2.45) is 0 Å². The molecule has 0 radical (unpaired) electrons. The van der Waals surface area contributed by atoms with Gasteiger partial charge >= 0.3 is 0 Å². The molecule has 0 aliphatic rings. The highest BCUT2D eigenvalue weighted by Crippen LogP contribution is 2.30. The van der Waals surface area contributed by atoms with Gasteiger partial charge in [0.15, 0.2) is 0 Å². The zero-order valence-electron chi connectivity index (χ0n) is 36.3. The number of ether oxygens (including phenoxy) is 2. The van der Waals surface area contributed by atoms with Crippen LogP contribution >= 0.6 is 15.9 Å². The standard InChI is InChI=1S/2C18H18O4S.C12H10O4S.C3H5Br/c1-3-13-21-15-5-9-17(10-6-15)23(19,20)18-11-7-16(8-12-18)22-14-4-2;1-3-5-13-11-15(7-9-17(13)19)23(21,22)16-8-10-18(20)14(12-16)6-4-2;13-9-1-5-11(6-2-9)17(15,16)12-7-3-10(14)4-8-12;1-2-3-4/h3-12H,1-2,13-14H2;3-4,7-12,19-20H,1-2,5-6H2;1-8,13-14H;2H,1,3H2. The Bertz CT molecular complexity index is 2750. The number of phenolic OH excluding ortho intramolecular Hbond substituents is 4. The Labute approximate surface area is 401 Å². The van der Waals surface area contributed by atoms with Gasteiger partial charge in [-0.3, -0.25) is 0 Å². The third kappa shape index (κ3) is 15.9. The van der Waals surface area contributed by atoms with Gasteiger partial charge in [0.1, 0.15) is 47.7 Å². The second-order valence-electron chi connectivity index (χ2n) is 13.6. The van der Waals surface area contributed by atoms with Crippen LogP contribution in [0, 0.1) is 0 Å². The Hall–Kier alpha value is -6.85. The molecule has 6 aromatic carbocycles. The monoisotopic (exact) mass is 1030 g/mol. The van der Waals surface area contributed by atoms with Crippen molar-refractivity contribution in [3.8, 4) is 34.5 Å². The smallest absolute Gasteiger partial charge is 0.206 e. The minimum atomic E-state index is -3.74. The molecule has 0 aliphatic heterocycles. The molecule has 6 aromatic rings. The quantitative estimate of drug-likeness (QED) is 0.0498. The predicted molar refractivity (Wildman–Crippen MR) is 265 cm³/mol. The van der Waals surface area contributed by atoms with E-state index in [1.54, 1.807) is 54.6 Å². The number of hydrogen-bond donors (Lipinski definition) is 4. The lowest BCUT2D eigenvalue weighted by Gasteiger charge is -2.10. The first-order chi connectivity index (χ1) is 31.9. The molecule has 0 spiro atoms. The van der Waals surface area contributed by atoms with E-state index in [0.29, 0.717) is 48.7 Å². The molecule has 0 saturated heterocycles. The van der Waals surface area contributed by atoms with E-state index in [9.17, 15) is 35.5 Å². The number of sulfone groups is 3. The fraction of sp³-hybridized carbons (Fsp3) is 0.0980. The summed E-state index contributed by atoms with van der Waals surface area (Å²) in [6.45, 7) is 18.5. The molecule has 4 N–H and O–H groups in total. The molecule has 0 unspecified atom stereocenters. The Morgan fingerprint density at radius 1 is 0.403 bits per heavy atom. The molecule has 0 amide bonds. The number of rotatable bonds is 17. The molecule has 0 aliphatic carbocycles. The number of aromatic hydroxyl groups is 4. The SMILES string of the molecule is C=CCBr.C=CCOc1ccc(S(=O)(=O)c2ccc(OCC=C)cc2)cc1.C=CCc1cc(S(=O)(=O)c2ccc(O)c(CC=C)c2)ccc1O.O=S(=O)(c1ccc(O)cc1)c1ccc(O)cc1. The zero-order valence-corrected chi connectivity index (χ0v) is 40.4. The average molecular weight is 1030 g/mol. The Morgan fingerprint density at radius 3 is 0.940 bits per heavy atom. The van der Waals surface area contributed by atoms with Gasteiger partial charge in [0.25, 0.3) is 0 Å². The van der Waals surface area contributed by atoms with Crippen LogP contribution in [0.25, 0.3) is 0 Å². The lowest BCUT2D eigenvalue weighted by atomic mass is 10.1. The number of halogens is 1. The molecule has 0 atom stereocenters. The van der Waals surface area contributed by atoms with E-state index in [0.717, 1.165) is 5.33 Å². The summed E-state index contributed by atoms with van der Waals surface area (Å²) in [6.07, 6.45) is 8.96. The van der Waals surface area contributed by atoms with E-state index < -0.39 is 29.5 Å². The van der Waals surface area contributed by atoms with E-state index in [4.69, 9.17) is 19.7 Å². The minimum absolute atomic E-state index is 0.00894. The van der Waals surface area contributed by atoms with Gasteiger partial charge in [-0.05, 0) is 157 Å². The van der Waals surface area contributed by atoms with Crippen molar-refractivity contribution in [1.82, 2.24) is 0 Å². The molecule has 16 heteroatoms. The van der Waals surface area contributed by atoms with Crippen LogP contribution in [-0.2, 0) is 42.4 Å². The first-order valence-electron chi connectivity index (χ1n) is 19.9. The van der Waals surface area contributed by atoms with Gasteiger partial charge in [-0.1, -0.05) is 59.5 Å². The highest BCUT2D eigenvalue weighted by Gasteiger charge is 2.21. The maximum absolute atomic E-state index is 12.8. The van der Waals surface area contributed by atoms with Crippen LogP contribution in [0.15, 0.2) is 226 Å². The van der Waals surface area contributed by atoms with Crippen LogP contribution in [0.3, 0.4) is 0 Å². The van der Waals surface area contributed by atoms with Gasteiger partial charge in [-0.2, -0.15) is 0 Å². The van der Waals surface area contributed by atoms with Crippen molar-refractivity contribution in [1.29, 1.82) is 0 Å². The van der Waals surface area contributed by atoms with Crippen molar-refractivity contribution in [3.05, 3.63) is 208 Å². The summed E-state index contributed by atoms with van der Waals surface area (Å²) in [5, 5.41) is 38.6. The van der Waals surface area contributed by atoms with E-state index in [2.05, 4.69) is 48.8 Å². The molecule has 0 fully saturated rings. The van der Waals surface area contributed by atoms with E-state index in [1.807, 2.05) is 0 Å². The Balaban J connectivity index is 0.000000258. The van der Waals surface area contributed by atoms with Crippen LogP contribution in [0.5, 0.6) is 34.5 Å². The molecular weight excluding hydrogens is 981 g/mol. The third-order valence-corrected chi connectivity index (χ3v) is 14.6. The maximum atomic E-state index is 12.8. The van der Waals surface area contributed by atoms with Crippen molar-refractivity contribution >= 4 is 45.4 Å². The van der Waals surface area contributed by atoms with Crippen LogP contribution in [0.2, 0.25) is 0 Å². The zero-order chi connectivity index (χ0) is 49.6. The first-order valence-corrected chi connectivity index (χ1v) is 25.5. The Morgan fingerprint density at radius 2 is 0.672 bits per heavy atom. The summed E-state index contributed by atoms with van der Waals surface area (Å²) in [4.78, 5) is 0.790. The van der Waals surface area contributed by atoms with E-state index in [1.165, 1.54) is 109 Å². The molecule has 12 nitrogen and oxygen atoms in total. The first kappa shape index (κ1) is 54.5. The number of alkyl halides is 1. The third-order valence-electron chi connectivity index (χ3n) is 8.86. The van der Waals surface area contributed by atoms with Gasteiger partial charge in [0.2, 0.25) is 29.5 Å². The summed E-state index contributed by atoms with van der Waals surface area (Å²) >= 11 is 3.13. The van der Waals surface area contributed by atoms with Crippen molar-refractivity contribution in [2.75, 3.05) is 18.5 Å². The summed E-state index contributed by atoms with van der Waals surface area (Å²) in [7, 11) is -10.9. The van der Waals surface area contributed by atoms with E-state index >= 15 is 0 Å². The van der Waals surface area contributed by atoms with E-state index in [-0.39, 0.29) is 52.4 Å². The lowest BCUT2D eigenvalue weighted by molar-refractivity contribution is 0.363. The van der Waals surface area contributed by atoms with Gasteiger partial charge in [0, 0.05) is 5.33 Å². The van der Waals surface area contributed by atoms with Gasteiger partial charge in [-0.25, -0.2) is 25.3 Å². The summed E-state index contributed by atoms with van der Waals surface area (Å²) < 4.78 is 85.5. The van der Waals surface area contributed by atoms with Crippen LogP contribution in [-0.4, -0.2) is 64.2 Å².